The van der Waals surface area contributed by atoms with E-state index in [0.29, 0.717) is 11.3 Å². The Morgan fingerprint density at radius 1 is 1.33 bits per heavy atom. The molecule has 1 rings (SSSR count). The first-order valence-electron chi connectivity index (χ1n) is 5.81. The highest BCUT2D eigenvalue weighted by atomic mass is 16.2. The van der Waals surface area contributed by atoms with Crippen molar-refractivity contribution >= 4 is 11.8 Å². The van der Waals surface area contributed by atoms with Crippen LogP contribution in [0, 0.1) is 19.3 Å². The van der Waals surface area contributed by atoms with Gasteiger partial charge in [0.15, 0.2) is 0 Å². The van der Waals surface area contributed by atoms with Crippen molar-refractivity contribution in [3.63, 3.8) is 0 Å². The fourth-order valence-electron chi connectivity index (χ4n) is 1.69. The number of amides is 2. The molecule has 0 saturated heterocycles. The molecule has 3 N–H and O–H groups in total. The molecule has 1 aromatic heterocycles. The summed E-state index contributed by atoms with van der Waals surface area (Å²) >= 11 is 0. The molecule has 0 spiro atoms. The highest BCUT2D eigenvalue weighted by Gasteiger charge is 2.27. The SMILES string of the molecule is CNC(=O)C(C)(C)CNC(=O)c1c(C)n[nH]c1C. The van der Waals surface area contributed by atoms with Gasteiger partial charge < -0.3 is 10.6 Å². The maximum absolute atomic E-state index is 12.0. The van der Waals surface area contributed by atoms with E-state index in [2.05, 4.69) is 20.8 Å². The first-order valence-corrected chi connectivity index (χ1v) is 5.81. The fourth-order valence-corrected chi connectivity index (χ4v) is 1.69. The second-order valence-electron chi connectivity index (χ2n) is 4.95. The fraction of sp³-hybridized carbons (Fsp3) is 0.583. The molecule has 0 fully saturated rings. The highest BCUT2D eigenvalue weighted by molar-refractivity contribution is 5.96. The van der Waals surface area contributed by atoms with Crippen molar-refractivity contribution in [3.8, 4) is 0 Å². The molecular formula is C12H20N4O2. The van der Waals surface area contributed by atoms with Crippen LogP contribution in [0.2, 0.25) is 0 Å². The number of rotatable bonds is 4. The van der Waals surface area contributed by atoms with Gasteiger partial charge in [-0.3, -0.25) is 14.7 Å². The maximum Gasteiger partial charge on any atom is 0.255 e. The van der Waals surface area contributed by atoms with E-state index in [1.165, 1.54) is 0 Å². The van der Waals surface area contributed by atoms with Crippen molar-refractivity contribution in [2.45, 2.75) is 27.7 Å². The molecule has 100 valence electrons. The third kappa shape index (κ3) is 2.88. The van der Waals surface area contributed by atoms with Gasteiger partial charge in [0.25, 0.3) is 5.91 Å². The van der Waals surface area contributed by atoms with E-state index in [4.69, 9.17) is 0 Å². The van der Waals surface area contributed by atoms with Crippen molar-refractivity contribution in [1.29, 1.82) is 0 Å². The number of aryl methyl sites for hydroxylation is 2. The van der Waals surface area contributed by atoms with Gasteiger partial charge in [0.1, 0.15) is 0 Å². The van der Waals surface area contributed by atoms with Gasteiger partial charge in [-0.05, 0) is 27.7 Å². The van der Waals surface area contributed by atoms with Crippen LogP contribution in [0.15, 0.2) is 0 Å². The Labute approximate surface area is 107 Å². The van der Waals surface area contributed by atoms with Gasteiger partial charge in [-0.2, -0.15) is 5.10 Å². The van der Waals surface area contributed by atoms with Crippen LogP contribution in [-0.4, -0.2) is 35.6 Å². The quantitative estimate of drug-likeness (QED) is 0.730. The average molecular weight is 252 g/mol. The van der Waals surface area contributed by atoms with E-state index in [1.54, 1.807) is 34.7 Å². The number of H-pyrrole nitrogens is 1. The van der Waals surface area contributed by atoms with E-state index in [1.807, 2.05) is 0 Å². The predicted octanol–water partition coefficient (Wildman–Crippen LogP) is 0.529. The Hall–Kier alpha value is -1.85. The van der Waals surface area contributed by atoms with Crippen LogP contribution >= 0.6 is 0 Å². The van der Waals surface area contributed by atoms with Gasteiger partial charge in [0.2, 0.25) is 5.91 Å². The summed E-state index contributed by atoms with van der Waals surface area (Å²) in [5.74, 6) is -0.320. The zero-order chi connectivity index (χ0) is 13.9. The molecule has 0 aromatic carbocycles. The monoisotopic (exact) mass is 252 g/mol. The summed E-state index contributed by atoms with van der Waals surface area (Å²) in [5.41, 5.74) is 1.28. The number of nitrogens with one attached hydrogen (secondary N) is 3. The number of hydrogen-bond donors (Lipinski definition) is 3. The molecule has 1 aromatic rings. The lowest BCUT2D eigenvalue weighted by atomic mass is 9.92. The highest BCUT2D eigenvalue weighted by Crippen LogP contribution is 2.14. The number of carbonyl (C=O) groups excluding carboxylic acids is 2. The summed E-state index contributed by atoms with van der Waals surface area (Å²) in [6.07, 6.45) is 0. The first kappa shape index (κ1) is 14.2. The van der Waals surface area contributed by atoms with Crippen molar-refractivity contribution < 1.29 is 9.59 Å². The van der Waals surface area contributed by atoms with Crippen LogP contribution in [0.3, 0.4) is 0 Å². The second kappa shape index (κ2) is 5.20. The number of aromatic amines is 1. The average Bonchev–Trinajstić information content (AvgIpc) is 2.65. The van der Waals surface area contributed by atoms with Crippen LogP contribution < -0.4 is 10.6 Å². The minimum Gasteiger partial charge on any atom is -0.359 e. The lowest BCUT2D eigenvalue weighted by molar-refractivity contribution is -0.128. The van der Waals surface area contributed by atoms with E-state index in [-0.39, 0.29) is 18.4 Å². The zero-order valence-electron chi connectivity index (χ0n) is 11.5. The lowest BCUT2D eigenvalue weighted by Gasteiger charge is -2.22. The van der Waals surface area contributed by atoms with Crippen LogP contribution in [0.1, 0.15) is 35.6 Å². The number of nitrogens with zero attached hydrogens (tertiary/aromatic N) is 1. The number of aromatic nitrogens is 2. The minimum atomic E-state index is -0.643. The Bertz CT molecular complexity index is 443. The molecule has 18 heavy (non-hydrogen) atoms. The molecular weight excluding hydrogens is 232 g/mol. The second-order valence-corrected chi connectivity index (χ2v) is 4.95. The van der Waals surface area contributed by atoms with Crippen molar-refractivity contribution in [3.05, 3.63) is 17.0 Å². The van der Waals surface area contributed by atoms with Crippen LogP contribution in [0.4, 0.5) is 0 Å². The molecule has 0 unspecified atom stereocenters. The van der Waals surface area contributed by atoms with Gasteiger partial charge >= 0.3 is 0 Å². The summed E-state index contributed by atoms with van der Waals surface area (Å²) in [4.78, 5) is 23.6. The molecule has 0 saturated carbocycles. The standard InChI is InChI=1S/C12H20N4O2/c1-7-9(8(2)16-15-7)10(17)14-6-12(3,4)11(18)13-5/h6H2,1-5H3,(H,13,18)(H,14,17)(H,15,16). The van der Waals surface area contributed by atoms with Gasteiger partial charge in [-0.1, -0.05) is 0 Å². The molecule has 6 heteroatoms. The van der Waals surface area contributed by atoms with Gasteiger partial charge in [-0.15, -0.1) is 0 Å². The molecule has 0 bridgehead atoms. The van der Waals surface area contributed by atoms with Gasteiger partial charge in [0.05, 0.1) is 16.7 Å². The molecule has 0 aliphatic heterocycles. The molecule has 1 heterocycles. The summed E-state index contributed by atoms with van der Waals surface area (Å²) in [7, 11) is 1.58. The Morgan fingerprint density at radius 2 is 1.94 bits per heavy atom. The summed E-state index contributed by atoms with van der Waals surface area (Å²) in [5, 5.41) is 12.1. The number of hydrogen-bond acceptors (Lipinski definition) is 3. The Kier molecular flexibility index (Phi) is 4.11. The van der Waals surface area contributed by atoms with Crippen LogP contribution in [-0.2, 0) is 4.79 Å². The molecule has 0 aliphatic rings. The van der Waals surface area contributed by atoms with Gasteiger partial charge in [0, 0.05) is 19.3 Å². The molecule has 0 aliphatic carbocycles. The van der Waals surface area contributed by atoms with Crippen LogP contribution in [0.5, 0.6) is 0 Å². The third-order valence-electron chi connectivity index (χ3n) is 2.89. The minimum absolute atomic E-state index is 0.108. The molecule has 2 amide bonds. The summed E-state index contributed by atoms with van der Waals surface area (Å²) in [6, 6.07) is 0. The number of carbonyl (C=O) groups is 2. The first-order chi connectivity index (χ1) is 8.29. The smallest absolute Gasteiger partial charge is 0.255 e. The van der Waals surface area contributed by atoms with Crippen molar-refractivity contribution in [2.24, 2.45) is 5.41 Å². The molecule has 0 radical (unpaired) electrons. The Balaban J connectivity index is 2.71. The van der Waals surface area contributed by atoms with Crippen molar-refractivity contribution in [2.75, 3.05) is 13.6 Å². The molecule has 0 atom stereocenters. The molecule has 6 nitrogen and oxygen atoms in total. The maximum atomic E-state index is 12.0. The van der Waals surface area contributed by atoms with E-state index < -0.39 is 5.41 Å². The van der Waals surface area contributed by atoms with Gasteiger partial charge in [-0.25, -0.2) is 0 Å². The topological polar surface area (TPSA) is 86.9 Å². The lowest BCUT2D eigenvalue weighted by Crippen LogP contribution is -2.43. The largest absolute Gasteiger partial charge is 0.359 e. The van der Waals surface area contributed by atoms with Crippen LogP contribution in [0.25, 0.3) is 0 Å². The Morgan fingerprint density at radius 3 is 2.39 bits per heavy atom. The normalized spacial score (nSPS) is 11.2. The van der Waals surface area contributed by atoms with E-state index in [9.17, 15) is 9.59 Å². The predicted molar refractivity (Wildman–Crippen MR) is 68.2 cm³/mol. The summed E-state index contributed by atoms with van der Waals surface area (Å²) in [6.45, 7) is 7.39. The van der Waals surface area contributed by atoms with E-state index in [0.717, 1.165) is 5.69 Å². The summed E-state index contributed by atoms with van der Waals surface area (Å²) < 4.78 is 0. The zero-order valence-corrected chi connectivity index (χ0v) is 11.5. The van der Waals surface area contributed by atoms with Crippen molar-refractivity contribution in [1.82, 2.24) is 20.8 Å². The van der Waals surface area contributed by atoms with E-state index >= 15 is 0 Å². The third-order valence-corrected chi connectivity index (χ3v) is 2.89.